The molecule has 0 unspecified atom stereocenters. The molecule has 0 aliphatic carbocycles. The predicted molar refractivity (Wildman–Crippen MR) is 68.6 cm³/mol. The fraction of sp³-hybridized carbons (Fsp3) is 0.167. The van der Waals surface area contributed by atoms with E-state index in [9.17, 15) is 4.79 Å². The molecule has 94 valence electrons. The summed E-state index contributed by atoms with van der Waals surface area (Å²) in [5.74, 6) is 0.761. The average molecular weight is 246 g/mol. The quantitative estimate of drug-likeness (QED) is 0.764. The number of nitrogens with two attached hydrogens (primary N) is 1. The summed E-state index contributed by atoms with van der Waals surface area (Å²) >= 11 is 0. The standard InChI is InChI=1S/C12H14N4O2/c1-2-18-9-5-3-8(4-6-9)14-12(17)10-7-11(13)16-15-10/h3-7H,2H2,1H3,(H,14,17)(H3,13,15,16). The summed E-state index contributed by atoms with van der Waals surface area (Å²) in [5.41, 5.74) is 6.42. The summed E-state index contributed by atoms with van der Waals surface area (Å²) < 4.78 is 5.31. The third-order valence-corrected chi connectivity index (χ3v) is 2.27. The number of amides is 1. The number of benzene rings is 1. The molecule has 2 aromatic rings. The molecule has 0 spiro atoms. The number of carbonyl (C=O) groups is 1. The molecule has 1 heterocycles. The Morgan fingerprint density at radius 3 is 2.72 bits per heavy atom. The molecule has 1 aromatic heterocycles. The predicted octanol–water partition coefficient (Wildman–Crippen LogP) is 1.64. The van der Waals surface area contributed by atoms with Crippen molar-refractivity contribution >= 4 is 17.4 Å². The molecule has 0 saturated carbocycles. The number of hydrogen-bond acceptors (Lipinski definition) is 4. The van der Waals surface area contributed by atoms with Gasteiger partial charge in [0.05, 0.1) is 6.61 Å². The van der Waals surface area contributed by atoms with E-state index in [0.717, 1.165) is 5.75 Å². The van der Waals surface area contributed by atoms with E-state index in [0.29, 0.717) is 18.0 Å². The SMILES string of the molecule is CCOc1ccc(NC(=O)c2cc(N)n[nH]2)cc1. The van der Waals surface area contributed by atoms with Crippen LogP contribution in [-0.4, -0.2) is 22.7 Å². The van der Waals surface area contributed by atoms with Gasteiger partial charge < -0.3 is 15.8 Å². The van der Waals surface area contributed by atoms with E-state index in [1.165, 1.54) is 6.07 Å². The van der Waals surface area contributed by atoms with Crippen molar-refractivity contribution < 1.29 is 9.53 Å². The van der Waals surface area contributed by atoms with Crippen molar-refractivity contribution in [2.75, 3.05) is 17.7 Å². The molecule has 1 aromatic carbocycles. The number of nitrogens with zero attached hydrogens (tertiary/aromatic N) is 1. The second kappa shape index (κ2) is 5.22. The molecule has 0 fully saturated rings. The maximum absolute atomic E-state index is 11.8. The first-order valence-corrected chi connectivity index (χ1v) is 5.54. The zero-order valence-corrected chi connectivity index (χ0v) is 9.93. The first-order chi connectivity index (χ1) is 8.69. The third kappa shape index (κ3) is 2.79. The minimum absolute atomic E-state index is 0.284. The minimum atomic E-state index is -0.289. The van der Waals surface area contributed by atoms with Crippen LogP contribution in [-0.2, 0) is 0 Å². The lowest BCUT2D eigenvalue weighted by Gasteiger charge is -2.05. The van der Waals surface area contributed by atoms with E-state index >= 15 is 0 Å². The van der Waals surface area contributed by atoms with E-state index < -0.39 is 0 Å². The van der Waals surface area contributed by atoms with E-state index in [4.69, 9.17) is 10.5 Å². The zero-order valence-electron chi connectivity index (χ0n) is 9.93. The Morgan fingerprint density at radius 2 is 2.17 bits per heavy atom. The topological polar surface area (TPSA) is 93.0 Å². The molecular formula is C12H14N4O2. The van der Waals surface area contributed by atoms with Gasteiger partial charge in [0.25, 0.3) is 5.91 Å². The van der Waals surface area contributed by atoms with Gasteiger partial charge in [0.15, 0.2) is 0 Å². The first-order valence-electron chi connectivity index (χ1n) is 5.54. The Kier molecular flexibility index (Phi) is 3.47. The number of ether oxygens (including phenoxy) is 1. The van der Waals surface area contributed by atoms with Gasteiger partial charge in [-0.25, -0.2) is 0 Å². The maximum Gasteiger partial charge on any atom is 0.273 e. The smallest absolute Gasteiger partial charge is 0.273 e. The Bertz CT molecular complexity index is 533. The number of nitrogens with one attached hydrogen (secondary N) is 2. The Morgan fingerprint density at radius 1 is 1.44 bits per heavy atom. The van der Waals surface area contributed by atoms with Crippen LogP contribution in [0.1, 0.15) is 17.4 Å². The number of aromatic amines is 1. The second-order valence-corrected chi connectivity index (χ2v) is 3.62. The van der Waals surface area contributed by atoms with Crippen molar-refractivity contribution in [1.29, 1.82) is 0 Å². The molecule has 2 rings (SSSR count). The highest BCUT2D eigenvalue weighted by atomic mass is 16.5. The van der Waals surface area contributed by atoms with Gasteiger partial charge in [0.2, 0.25) is 0 Å². The maximum atomic E-state index is 11.8. The largest absolute Gasteiger partial charge is 0.494 e. The molecule has 0 atom stereocenters. The van der Waals surface area contributed by atoms with Crippen LogP contribution in [0.15, 0.2) is 30.3 Å². The van der Waals surface area contributed by atoms with E-state index in [1.54, 1.807) is 24.3 Å². The average Bonchev–Trinajstić information content (AvgIpc) is 2.79. The van der Waals surface area contributed by atoms with Gasteiger partial charge in [-0.3, -0.25) is 9.89 Å². The third-order valence-electron chi connectivity index (χ3n) is 2.27. The van der Waals surface area contributed by atoms with Crippen LogP contribution >= 0.6 is 0 Å². The molecule has 0 bridgehead atoms. The summed E-state index contributed by atoms with van der Waals surface area (Å²) in [6.07, 6.45) is 0. The minimum Gasteiger partial charge on any atom is -0.494 e. The molecule has 0 saturated heterocycles. The number of aromatic nitrogens is 2. The first kappa shape index (κ1) is 12.0. The number of H-pyrrole nitrogens is 1. The zero-order chi connectivity index (χ0) is 13.0. The Labute approximate surface area is 104 Å². The lowest BCUT2D eigenvalue weighted by molar-refractivity contribution is 0.102. The van der Waals surface area contributed by atoms with E-state index in [2.05, 4.69) is 15.5 Å². The van der Waals surface area contributed by atoms with Gasteiger partial charge in [-0.15, -0.1) is 0 Å². The van der Waals surface area contributed by atoms with Gasteiger partial charge in [-0.05, 0) is 31.2 Å². The summed E-state index contributed by atoms with van der Waals surface area (Å²) in [5, 5.41) is 8.95. The summed E-state index contributed by atoms with van der Waals surface area (Å²) in [4.78, 5) is 11.8. The number of rotatable bonds is 4. The number of anilines is 2. The number of hydrogen-bond donors (Lipinski definition) is 3. The highest BCUT2D eigenvalue weighted by Gasteiger charge is 2.08. The van der Waals surface area contributed by atoms with Gasteiger partial charge in [-0.1, -0.05) is 0 Å². The molecule has 1 amide bonds. The molecule has 6 heteroatoms. The molecule has 0 aliphatic rings. The highest BCUT2D eigenvalue weighted by molar-refractivity contribution is 6.03. The van der Waals surface area contributed by atoms with Crippen LogP contribution in [0, 0.1) is 0 Å². The molecular weight excluding hydrogens is 232 g/mol. The van der Waals surface area contributed by atoms with Crippen LogP contribution < -0.4 is 15.8 Å². The van der Waals surface area contributed by atoms with Crippen molar-refractivity contribution in [2.45, 2.75) is 6.92 Å². The highest BCUT2D eigenvalue weighted by Crippen LogP contribution is 2.16. The molecule has 6 nitrogen and oxygen atoms in total. The lowest BCUT2D eigenvalue weighted by atomic mass is 10.3. The number of carbonyl (C=O) groups excluding carboxylic acids is 1. The van der Waals surface area contributed by atoms with Crippen LogP contribution in [0.2, 0.25) is 0 Å². The molecule has 18 heavy (non-hydrogen) atoms. The van der Waals surface area contributed by atoms with Crippen molar-refractivity contribution in [1.82, 2.24) is 10.2 Å². The second-order valence-electron chi connectivity index (χ2n) is 3.62. The van der Waals surface area contributed by atoms with Gasteiger partial charge >= 0.3 is 0 Å². The Hall–Kier alpha value is -2.50. The van der Waals surface area contributed by atoms with E-state index in [1.807, 2.05) is 6.92 Å². The van der Waals surface area contributed by atoms with Gasteiger partial charge in [-0.2, -0.15) is 5.10 Å². The van der Waals surface area contributed by atoms with Crippen LogP contribution in [0.25, 0.3) is 0 Å². The lowest BCUT2D eigenvalue weighted by Crippen LogP contribution is -2.12. The van der Waals surface area contributed by atoms with Crippen LogP contribution in [0.5, 0.6) is 5.75 Å². The molecule has 0 radical (unpaired) electrons. The van der Waals surface area contributed by atoms with Crippen molar-refractivity contribution in [3.05, 3.63) is 36.0 Å². The summed E-state index contributed by atoms with van der Waals surface area (Å²) in [6.45, 7) is 2.53. The summed E-state index contributed by atoms with van der Waals surface area (Å²) in [7, 11) is 0. The van der Waals surface area contributed by atoms with Crippen LogP contribution in [0.4, 0.5) is 11.5 Å². The monoisotopic (exact) mass is 246 g/mol. The van der Waals surface area contributed by atoms with Gasteiger partial charge in [0.1, 0.15) is 17.3 Å². The fourth-order valence-electron chi connectivity index (χ4n) is 1.45. The van der Waals surface area contributed by atoms with E-state index in [-0.39, 0.29) is 11.7 Å². The number of nitrogen functional groups attached to an aromatic ring is 1. The summed E-state index contributed by atoms with van der Waals surface area (Å²) in [6, 6.07) is 8.59. The fourth-order valence-corrected chi connectivity index (χ4v) is 1.45. The Balaban J connectivity index is 2.03. The molecule has 4 N–H and O–H groups in total. The van der Waals surface area contributed by atoms with Crippen LogP contribution in [0.3, 0.4) is 0 Å². The van der Waals surface area contributed by atoms with Crippen molar-refractivity contribution in [3.63, 3.8) is 0 Å². The van der Waals surface area contributed by atoms with Gasteiger partial charge in [0, 0.05) is 11.8 Å². The van der Waals surface area contributed by atoms with Crippen molar-refractivity contribution in [3.8, 4) is 5.75 Å². The molecule has 0 aliphatic heterocycles. The van der Waals surface area contributed by atoms with Crippen molar-refractivity contribution in [2.24, 2.45) is 0 Å². The normalized spacial score (nSPS) is 10.1.